The summed E-state index contributed by atoms with van der Waals surface area (Å²) in [6.07, 6.45) is 3.49. The molecular formula is C13H9N3. The quantitative estimate of drug-likeness (QED) is 0.615. The summed E-state index contributed by atoms with van der Waals surface area (Å²) in [5, 5.41) is 9.05. The van der Waals surface area contributed by atoms with Crippen molar-refractivity contribution in [3.05, 3.63) is 54.9 Å². The van der Waals surface area contributed by atoms with Crippen molar-refractivity contribution < 1.29 is 0 Å². The average molecular weight is 207 g/mol. The van der Waals surface area contributed by atoms with Crippen LogP contribution in [0.4, 0.5) is 0 Å². The van der Waals surface area contributed by atoms with Gasteiger partial charge in [0.05, 0.1) is 11.2 Å². The first-order chi connectivity index (χ1) is 7.93. The zero-order valence-electron chi connectivity index (χ0n) is 8.54. The van der Waals surface area contributed by atoms with E-state index in [0.717, 1.165) is 22.2 Å². The molecule has 2 heterocycles. The molecule has 0 atom stereocenters. The summed E-state index contributed by atoms with van der Waals surface area (Å²) in [6, 6.07) is 13.9. The Kier molecular flexibility index (Phi) is 2.07. The molecule has 3 rings (SSSR count). The van der Waals surface area contributed by atoms with Crippen LogP contribution in [0.1, 0.15) is 0 Å². The van der Waals surface area contributed by atoms with Crippen molar-refractivity contribution in [1.82, 2.24) is 15.2 Å². The molecule has 0 aliphatic carbocycles. The summed E-state index contributed by atoms with van der Waals surface area (Å²) >= 11 is 0. The molecule has 76 valence electrons. The van der Waals surface area contributed by atoms with Gasteiger partial charge in [0, 0.05) is 23.3 Å². The molecule has 0 saturated carbocycles. The first-order valence-electron chi connectivity index (χ1n) is 5.06. The molecule has 0 saturated heterocycles. The average Bonchev–Trinajstić information content (AvgIpc) is 2.39. The molecule has 0 amide bonds. The Hall–Kier alpha value is -2.29. The van der Waals surface area contributed by atoms with E-state index >= 15 is 0 Å². The van der Waals surface area contributed by atoms with Gasteiger partial charge in [0.2, 0.25) is 0 Å². The molecular weight excluding hydrogens is 198 g/mol. The molecule has 0 bridgehead atoms. The second kappa shape index (κ2) is 3.70. The lowest BCUT2D eigenvalue weighted by Crippen LogP contribution is -1.87. The second-order valence-corrected chi connectivity index (χ2v) is 3.53. The molecule has 16 heavy (non-hydrogen) atoms. The van der Waals surface area contributed by atoms with Gasteiger partial charge in [-0.15, -0.1) is 0 Å². The fourth-order valence-corrected chi connectivity index (χ4v) is 1.67. The first kappa shape index (κ1) is 8.97. The third kappa shape index (κ3) is 1.52. The van der Waals surface area contributed by atoms with Crippen LogP contribution in [-0.4, -0.2) is 15.2 Å². The fraction of sp³-hybridized carbons (Fsp3) is 0. The molecule has 0 aliphatic heterocycles. The molecule has 0 fully saturated rings. The highest BCUT2D eigenvalue weighted by Crippen LogP contribution is 2.19. The van der Waals surface area contributed by atoms with E-state index in [-0.39, 0.29) is 0 Å². The number of benzene rings is 1. The van der Waals surface area contributed by atoms with Crippen molar-refractivity contribution in [1.29, 1.82) is 0 Å². The van der Waals surface area contributed by atoms with Crippen LogP contribution in [0.5, 0.6) is 0 Å². The van der Waals surface area contributed by atoms with Crippen molar-refractivity contribution in [2.24, 2.45) is 0 Å². The summed E-state index contributed by atoms with van der Waals surface area (Å²) < 4.78 is 0. The lowest BCUT2D eigenvalue weighted by atomic mass is 10.1. The smallest absolute Gasteiger partial charge is 0.0945 e. The molecule has 1 aromatic carbocycles. The lowest BCUT2D eigenvalue weighted by Gasteiger charge is -2.01. The molecule has 3 aromatic rings. The van der Waals surface area contributed by atoms with Crippen LogP contribution in [0, 0.1) is 0 Å². The second-order valence-electron chi connectivity index (χ2n) is 3.53. The highest BCUT2D eigenvalue weighted by Gasteiger charge is 2.00. The SMILES string of the molecule is c1cnnc(-c2cnc3ccccc3c2)c1. The van der Waals surface area contributed by atoms with Crippen LogP contribution >= 0.6 is 0 Å². The van der Waals surface area contributed by atoms with Gasteiger partial charge in [-0.1, -0.05) is 18.2 Å². The lowest BCUT2D eigenvalue weighted by molar-refractivity contribution is 1.04. The van der Waals surface area contributed by atoms with Gasteiger partial charge in [-0.3, -0.25) is 4.98 Å². The van der Waals surface area contributed by atoms with Gasteiger partial charge >= 0.3 is 0 Å². The van der Waals surface area contributed by atoms with E-state index in [0.29, 0.717) is 0 Å². The Bertz CT molecular complexity index is 620. The molecule has 0 spiro atoms. The van der Waals surface area contributed by atoms with E-state index in [2.05, 4.69) is 21.2 Å². The van der Waals surface area contributed by atoms with Gasteiger partial charge in [0.15, 0.2) is 0 Å². The predicted octanol–water partition coefficient (Wildman–Crippen LogP) is 2.69. The van der Waals surface area contributed by atoms with Gasteiger partial charge in [0.25, 0.3) is 0 Å². The fourth-order valence-electron chi connectivity index (χ4n) is 1.67. The normalized spacial score (nSPS) is 10.5. The van der Waals surface area contributed by atoms with Crippen molar-refractivity contribution in [3.8, 4) is 11.3 Å². The molecule has 3 heteroatoms. The number of para-hydroxylation sites is 1. The first-order valence-corrected chi connectivity index (χ1v) is 5.06. The minimum absolute atomic E-state index is 0.848. The number of nitrogens with zero attached hydrogens (tertiary/aromatic N) is 3. The zero-order chi connectivity index (χ0) is 10.8. The van der Waals surface area contributed by atoms with Crippen molar-refractivity contribution in [2.45, 2.75) is 0 Å². The minimum atomic E-state index is 0.848. The van der Waals surface area contributed by atoms with Crippen LogP contribution < -0.4 is 0 Å². The van der Waals surface area contributed by atoms with Crippen LogP contribution in [0.25, 0.3) is 22.2 Å². The van der Waals surface area contributed by atoms with Crippen molar-refractivity contribution in [2.75, 3.05) is 0 Å². The van der Waals surface area contributed by atoms with Gasteiger partial charge in [0.1, 0.15) is 0 Å². The van der Waals surface area contributed by atoms with E-state index in [1.165, 1.54) is 0 Å². The number of fused-ring (bicyclic) bond motifs is 1. The summed E-state index contributed by atoms with van der Waals surface area (Å²) in [5.41, 5.74) is 2.84. The van der Waals surface area contributed by atoms with Crippen LogP contribution in [0.3, 0.4) is 0 Å². The summed E-state index contributed by atoms with van der Waals surface area (Å²) in [4.78, 5) is 4.39. The molecule has 0 radical (unpaired) electrons. The maximum Gasteiger partial charge on any atom is 0.0945 e. The Labute approximate surface area is 92.8 Å². The van der Waals surface area contributed by atoms with Gasteiger partial charge in [-0.25, -0.2) is 0 Å². The number of pyridine rings is 1. The van der Waals surface area contributed by atoms with Crippen LogP contribution in [0.2, 0.25) is 0 Å². The third-order valence-corrected chi connectivity index (χ3v) is 2.46. The Morgan fingerprint density at radius 3 is 2.75 bits per heavy atom. The minimum Gasteiger partial charge on any atom is -0.256 e. The largest absolute Gasteiger partial charge is 0.256 e. The molecule has 3 nitrogen and oxygen atoms in total. The topological polar surface area (TPSA) is 38.7 Å². The van der Waals surface area contributed by atoms with Gasteiger partial charge < -0.3 is 0 Å². The zero-order valence-corrected chi connectivity index (χ0v) is 8.54. The number of aromatic nitrogens is 3. The Morgan fingerprint density at radius 1 is 0.938 bits per heavy atom. The monoisotopic (exact) mass is 207 g/mol. The molecule has 2 aromatic heterocycles. The molecule has 0 aliphatic rings. The highest BCUT2D eigenvalue weighted by atomic mass is 15.1. The highest BCUT2D eigenvalue weighted by molar-refractivity contribution is 5.82. The van der Waals surface area contributed by atoms with Crippen molar-refractivity contribution >= 4 is 10.9 Å². The van der Waals surface area contributed by atoms with Crippen LogP contribution in [0.15, 0.2) is 54.9 Å². The number of hydrogen-bond acceptors (Lipinski definition) is 3. The predicted molar refractivity (Wildman–Crippen MR) is 62.8 cm³/mol. The van der Waals surface area contributed by atoms with E-state index in [1.54, 1.807) is 6.20 Å². The van der Waals surface area contributed by atoms with Crippen LogP contribution in [-0.2, 0) is 0 Å². The third-order valence-electron chi connectivity index (χ3n) is 2.46. The van der Waals surface area contributed by atoms with E-state index in [4.69, 9.17) is 0 Å². The van der Waals surface area contributed by atoms with Gasteiger partial charge in [-0.05, 0) is 24.3 Å². The van der Waals surface area contributed by atoms with E-state index in [9.17, 15) is 0 Å². The van der Waals surface area contributed by atoms with Gasteiger partial charge in [-0.2, -0.15) is 10.2 Å². The maximum absolute atomic E-state index is 4.39. The Morgan fingerprint density at radius 2 is 1.88 bits per heavy atom. The Balaban J connectivity index is 2.19. The number of rotatable bonds is 1. The van der Waals surface area contributed by atoms with Crippen molar-refractivity contribution in [3.63, 3.8) is 0 Å². The standard InChI is InChI=1S/C13H9N3/c1-2-5-12-10(4-1)8-11(9-14-12)13-6-3-7-15-16-13/h1-9H. The van der Waals surface area contributed by atoms with E-state index in [1.807, 2.05) is 42.6 Å². The summed E-state index contributed by atoms with van der Waals surface area (Å²) in [7, 11) is 0. The maximum atomic E-state index is 4.39. The molecule has 0 unspecified atom stereocenters. The van der Waals surface area contributed by atoms with E-state index < -0.39 is 0 Å². The molecule has 0 N–H and O–H groups in total. The number of hydrogen-bond donors (Lipinski definition) is 0. The summed E-state index contributed by atoms with van der Waals surface area (Å²) in [6.45, 7) is 0. The summed E-state index contributed by atoms with van der Waals surface area (Å²) in [5.74, 6) is 0.